The van der Waals surface area contributed by atoms with Crippen LogP contribution in [-0.2, 0) is 11.3 Å². The minimum atomic E-state index is -0.182. The van der Waals surface area contributed by atoms with Crippen LogP contribution in [0.25, 0.3) is 10.2 Å². The number of anilines is 1. The number of para-hydroxylation sites is 1. The van der Waals surface area contributed by atoms with Crippen molar-refractivity contribution < 1.29 is 9.53 Å². The SMILES string of the molecule is COc1cccc2sc(NC(=O)CCn3ccccc3=O)nc12. The summed E-state index contributed by atoms with van der Waals surface area (Å²) in [6.45, 7) is 0.333. The molecule has 0 bridgehead atoms. The standard InChI is InChI=1S/C16H15N3O3S/c1-22-11-5-4-6-12-15(11)18-16(23-12)17-13(20)8-10-19-9-3-2-7-14(19)21/h2-7,9H,8,10H2,1H3,(H,17,18,20). The Labute approximate surface area is 136 Å². The smallest absolute Gasteiger partial charge is 0.250 e. The number of fused-ring (bicyclic) bond motifs is 1. The lowest BCUT2D eigenvalue weighted by Gasteiger charge is -2.04. The Morgan fingerprint density at radius 3 is 2.96 bits per heavy atom. The second-order valence-electron chi connectivity index (χ2n) is 4.86. The number of nitrogens with one attached hydrogen (secondary N) is 1. The van der Waals surface area contributed by atoms with Crippen LogP contribution in [0.2, 0.25) is 0 Å². The van der Waals surface area contributed by atoms with Crippen molar-refractivity contribution in [3.05, 3.63) is 52.9 Å². The van der Waals surface area contributed by atoms with E-state index in [1.54, 1.807) is 25.4 Å². The van der Waals surface area contributed by atoms with Gasteiger partial charge in [-0.2, -0.15) is 0 Å². The molecule has 0 spiro atoms. The fraction of sp³-hybridized carbons (Fsp3) is 0.188. The molecule has 0 aliphatic rings. The highest BCUT2D eigenvalue weighted by Gasteiger charge is 2.11. The number of benzene rings is 1. The zero-order valence-electron chi connectivity index (χ0n) is 12.5. The fourth-order valence-corrected chi connectivity index (χ4v) is 3.09. The second-order valence-corrected chi connectivity index (χ2v) is 5.89. The maximum Gasteiger partial charge on any atom is 0.250 e. The first-order valence-electron chi connectivity index (χ1n) is 7.06. The van der Waals surface area contributed by atoms with E-state index >= 15 is 0 Å². The van der Waals surface area contributed by atoms with E-state index in [0.717, 1.165) is 10.2 Å². The molecule has 0 aliphatic heterocycles. The third kappa shape index (κ3) is 3.40. The number of thiazole rings is 1. The van der Waals surface area contributed by atoms with Gasteiger partial charge in [-0.25, -0.2) is 4.98 Å². The summed E-state index contributed by atoms with van der Waals surface area (Å²) in [7, 11) is 1.59. The number of nitrogens with zero attached hydrogens (tertiary/aromatic N) is 2. The molecule has 0 saturated heterocycles. The van der Waals surface area contributed by atoms with E-state index in [9.17, 15) is 9.59 Å². The van der Waals surface area contributed by atoms with Crippen LogP contribution in [0.3, 0.4) is 0 Å². The lowest BCUT2D eigenvalue weighted by Crippen LogP contribution is -2.21. The van der Waals surface area contributed by atoms with Gasteiger partial charge in [0.15, 0.2) is 5.13 Å². The number of aromatic nitrogens is 2. The molecule has 0 atom stereocenters. The van der Waals surface area contributed by atoms with E-state index in [1.807, 2.05) is 18.2 Å². The van der Waals surface area contributed by atoms with Gasteiger partial charge in [0.25, 0.3) is 5.56 Å². The highest BCUT2D eigenvalue weighted by atomic mass is 32.1. The van der Waals surface area contributed by atoms with Crippen molar-refractivity contribution in [3.63, 3.8) is 0 Å². The average molecular weight is 329 g/mol. The van der Waals surface area contributed by atoms with Gasteiger partial charge in [0.2, 0.25) is 5.91 Å². The van der Waals surface area contributed by atoms with Crippen LogP contribution in [0.15, 0.2) is 47.4 Å². The van der Waals surface area contributed by atoms with Gasteiger partial charge in [-0.15, -0.1) is 0 Å². The van der Waals surface area contributed by atoms with Crippen molar-refractivity contribution in [1.82, 2.24) is 9.55 Å². The molecular weight excluding hydrogens is 314 g/mol. The van der Waals surface area contributed by atoms with Gasteiger partial charge >= 0.3 is 0 Å². The van der Waals surface area contributed by atoms with E-state index in [4.69, 9.17) is 4.74 Å². The van der Waals surface area contributed by atoms with Crippen LogP contribution >= 0.6 is 11.3 Å². The topological polar surface area (TPSA) is 73.2 Å². The van der Waals surface area contributed by atoms with Crippen LogP contribution in [0.5, 0.6) is 5.75 Å². The zero-order chi connectivity index (χ0) is 16.2. The lowest BCUT2D eigenvalue weighted by atomic mass is 10.3. The van der Waals surface area contributed by atoms with Crippen LogP contribution < -0.4 is 15.6 Å². The molecule has 0 radical (unpaired) electrons. The quantitative estimate of drug-likeness (QED) is 0.780. The fourth-order valence-electron chi connectivity index (χ4n) is 2.19. The third-order valence-corrected chi connectivity index (χ3v) is 4.26. The summed E-state index contributed by atoms with van der Waals surface area (Å²) in [5.41, 5.74) is 0.611. The number of carbonyl (C=O) groups is 1. The minimum absolute atomic E-state index is 0.120. The monoisotopic (exact) mass is 329 g/mol. The van der Waals surface area contributed by atoms with Crippen LogP contribution in [0.4, 0.5) is 5.13 Å². The average Bonchev–Trinajstić information content (AvgIpc) is 2.96. The first kappa shape index (κ1) is 15.2. The molecule has 1 N–H and O–H groups in total. The van der Waals surface area contributed by atoms with Crippen molar-refractivity contribution in [1.29, 1.82) is 0 Å². The third-order valence-electron chi connectivity index (χ3n) is 3.33. The van der Waals surface area contributed by atoms with Crippen LogP contribution in [0.1, 0.15) is 6.42 Å². The molecule has 0 unspecified atom stereocenters. The van der Waals surface area contributed by atoms with Gasteiger partial charge in [-0.3, -0.25) is 9.59 Å². The molecule has 118 valence electrons. The predicted octanol–water partition coefficient (Wildman–Crippen LogP) is 2.50. The molecular formula is C16H15N3O3S. The number of hydrogen-bond donors (Lipinski definition) is 1. The van der Waals surface area contributed by atoms with Gasteiger partial charge in [0.05, 0.1) is 11.8 Å². The maximum atomic E-state index is 12.0. The molecule has 3 rings (SSSR count). The molecule has 0 aliphatic carbocycles. The maximum absolute atomic E-state index is 12.0. The number of rotatable bonds is 5. The molecule has 2 aromatic heterocycles. The Morgan fingerprint density at radius 1 is 1.30 bits per heavy atom. The summed E-state index contributed by atoms with van der Waals surface area (Å²) in [6.07, 6.45) is 1.87. The van der Waals surface area contributed by atoms with Gasteiger partial charge in [0, 0.05) is 25.2 Å². The number of methoxy groups -OCH3 is 1. The zero-order valence-corrected chi connectivity index (χ0v) is 13.3. The number of amides is 1. The van der Waals surface area contributed by atoms with E-state index < -0.39 is 0 Å². The molecule has 7 heteroatoms. The number of aryl methyl sites for hydroxylation is 1. The summed E-state index contributed by atoms with van der Waals surface area (Å²) in [4.78, 5) is 28.0. The first-order valence-corrected chi connectivity index (χ1v) is 7.88. The van der Waals surface area contributed by atoms with Crippen LogP contribution in [-0.4, -0.2) is 22.6 Å². The second kappa shape index (κ2) is 6.62. The molecule has 0 saturated carbocycles. The summed E-state index contributed by atoms with van der Waals surface area (Å²) in [5, 5.41) is 3.29. The Kier molecular flexibility index (Phi) is 4.38. The number of carbonyl (C=O) groups excluding carboxylic acids is 1. The van der Waals surface area contributed by atoms with Crippen molar-refractivity contribution >= 4 is 32.6 Å². The lowest BCUT2D eigenvalue weighted by molar-refractivity contribution is -0.116. The normalized spacial score (nSPS) is 10.7. The van der Waals surface area contributed by atoms with Crippen LogP contribution in [0, 0.1) is 0 Å². The van der Waals surface area contributed by atoms with E-state index in [0.29, 0.717) is 17.4 Å². The summed E-state index contributed by atoms with van der Waals surface area (Å²) in [6, 6.07) is 10.5. The Hall–Kier alpha value is -2.67. The van der Waals surface area contributed by atoms with Gasteiger partial charge in [-0.1, -0.05) is 23.5 Å². The largest absolute Gasteiger partial charge is 0.494 e. The van der Waals surface area contributed by atoms with E-state index in [1.165, 1.54) is 22.0 Å². The van der Waals surface area contributed by atoms with Gasteiger partial charge in [-0.05, 0) is 18.2 Å². The van der Waals surface area contributed by atoms with E-state index in [2.05, 4.69) is 10.3 Å². The molecule has 6 nitrogen and oxygen atoms in total. The van der Waals surface area contributed by atoms with Crippen molar-refractivity contribution in [3.8, 4) is 5.75 Å². The Balaban J connectivity index is 1.68. The molecule has 0 fully saturated rings. The summed E-state index contributed by atoms with van der Waals surface area (Å²) < 4.78 is 7.70. The Morgan fingerprint density at radius 2 is 2.17 bits per heavy atom. The molecule has 2 heterocycles. The Bertz CT molecular complexity index is 901. The van der Waals surface area contributed by atoms with Gasteiger partial charge in [0.1, 0.15) is 11.3 Å². The number of pyridine rings is 1. The molecule has 1 aromatic carbocycles. The summed E-state index contributed by atoms with van der Waals surface area (Å²) >= 11 is 1.39. The highest BCUT2D eigenvalue weighted by Crippen LogP contribution is 2.32. The first-order chi connectivity index (χ1) is 11.2. The minimum Gasteiger partial charge on any atom is -0.494 e. The van der Waals surface area contributed by atoms with Crippen molar-refractivity contribution in [2.45, 2.75) is 13.0 Å². The highest BCUT2D eigenvalue weighted by molar-refractivity contribution is 7.22. The molecule has 23 heavy (non-hydrogen) atoms. The molecule has 3 aromatic rings. The number of ether oxygens (including phenoxy) is 1. The predicted molar refractivity (Wildman–Crippen MR) is 90.1 cm³/mol. The summed E-state index contributed by atoms with van der Waals surface area (Å²) in [5.74, 6) is 0.494. The molecule has 1 amide bonds. The van der Waals surface area contributed by atoms with Crippen molar-refractivity contribution in [2.75, 3.05) is 12.4 Å². The number of hydrogen-bond acceptors (Lipinski definition) is 5. The van der Waals surface area contributed by atoms with E-state index in [-0.39, 0.29) is 17.9 Å². The van der Waals surface area contributed by atoms with Crippen molar-refractivity contribution in [2.24, 2.45) is 0 Å². The van der Waals surface area contributed by atoms with Gasteiger partial charge < -0.3 is 14.6 Å².